The number of hydrogen-bond donors (Lipinski definition) is 3. The molecule has 1 heterocycles. The van der Waals surface area contributed by atoms with E-state index in [9.17, 15) is 10.2 Å². The third kappa shape index (κ3) is 3.41. The second-order valence-corrected chi connectivity index (χ2v) is 4.82. The van der Waals surface area contributed by atoms with E-state index in [1.165, 1.54) is 0 Å². The van der Waals surface area contributed by atoms with Gasteiger partial charge in [0.2, 0.25) is 0 Å². The summed E-state index contributed by atoms with van der Waals surface area (Å²) in [4.78, 5) is 0. The fourth-order valence-electron chi connectivity index (χ4n) is 1.68. The molecule has 1 aliphatic heterocycles. The average molecular weight is 217 g/mol. The minimum atomic E-state index is -0.774. The Morgan fingerprint density at radius 1 is 1.60 bits per heavy atom. The molecule has 0 aliphatic carbocycles. The van der Waals surface area contributed by atoms with Crippen LogP contribution in [0.4, 0.5) is 0 Å². The van der Waals surface area contributed by atoms with Crippen molar-refractivity contribution in [3.8, 4) is 0 Å². The maximum absolute atomic E-state index is 10.2. The first-order valence-electron chi connectivity index (χ1n) is 5.67. The summed E-state index contributed by atoms with van der Waals surface area (Å²) in [6, 6.07) is 0. The summed E-state index contributed by atoms with van der Waals surface area (Å²) < 4.78 is 5.32. The van der Waals surface area contributed by atoms with Crippen LogP contribution in [0.25, 0.3) is 0 Å². The molecule has 3 atom stereocenters. The van der Waals surface area contributed by atoms with E-state index in [4.69, 9.17) is 4.74 Å². The van der Waals surface area contributed by atoms with E-state index in [2.05, 4.69) is 5.32 Å². The molecule has 0 aromatic heterocycles. The monoisotopic (exact) mass is 217 g/mol. The van der Waals surface area contributed by atoms with Crippen molar-refractivity contribution in [2.75, 3.05) is 19.7 Å². The molecule has 3 unspecified atom stereocenters. The first-order chi connectivity index (χ1) is 6.90. The highest BCUT2D eigenvalue weighted by Crippen LogP contribution is 2.24. The molecule has 4 heteroatoms. The van der Waals surface area contributed by atoms with Crippen LogP contribution in [0.5, 0.6) is 0 Å². The summed E-state index contributed by atoms with van der Waals surface area (Å²) in [5.74, 6) is 0. The van der Waals surface area contributed by atoms with Crippen LogP contribution in [0.2, 0.25) is 0 Å². The van der Waals surface area contributed by atoms with Gasteiger partial charge in [0.15, 0.2) is 0 Å². The summed E-state index contributed by atoms with van der Waals surface area (Å²) in [5, 5.41) is 23.0. The maximum atomic E-state index is 10.2. The Morgan fingerprint density at radius 3 is 2.73 bits per heavy atom. The summed E-state index contributed by atoms with van der Waals surface area (Å²) in [5.41, 5.74) is -1.47. The molecule has 0 spiro atoms. The van der Waals surface area contributed by atoms with Gasteiger partial charge in [-0.2, -0.15) is 0 Å². The van der Waals surface area contributed by atoms with Gasteiger partial charge in [-0.05, 0) is 20.3 Å². The molecule has 0 bridgehead atoms. The van der Waals surface area contributed by atoms with E-state index in [1.807, 2.05) is 13.8 Å². The van der Waals surface area contributed by atoms with Gasteiger partial charge in [0.25, 0.3) is 0 Å². The van der Waals surface area contributed by atoms with Gasteiger partial charge >= 0.3 is 0 Å². The van der Waals surface area contributed by atoms with Crippen molar-refractivity contribution in [2.24, 2.45) is 0 Å². The lowest BCUT2D eigenvalue weighted by Crippen LogP contribution is -2.49. The maximum Gasteiger partial charge on any atom is 0.105 e. The van der Waals surface area contributed by atoms with Crippen molar-refractivity contribution >= 4 is 0 Å². The molecule has 0 aromatic rings. The second kappa shape index (κ2) is 4.78. The smallest absolute Gasteiger partial charge is 0.105 e. The minimum Gasteiger partial charge on any atom is -0.389 e. The Labute approximate surface area is 91.6 Å². The van der Waals surface area contributed by atoms with Gasteiger partial charge in [0.1, 0.15) is 5.60 Å². The normalized spacial score (nSPS) is 35.4. The lowest BCUT2D eigenvalue weighted by atomic mass is 9.96. The zero-order valence-corrected chi connectivity index (χ0v) is 9.92. The van der Waals surface area contributed by atoms with Crippen LogP contribution in [0, 0.1) is 0 Å². The zero-order valence-electron chi connectivity index (χ0n) is 9.92. The molecule has 0 radical (unpaired) electrons. The predicted molar refractivity (Wildman–Crippen MR) is 58.8 cm³/mol. The molecular weight excluding hydrogens is 194 g/mol. The lowest BCUT2D eigenvalue weighted by Gasteiger charge is -2.29. The standard InChI is InChI=1S/C11H23NO3/c1-4-10(3,13)7-12-8-11(14)5-6-15-9(11)2/h9,12-14H,4-8H2,1-3H3. The Morgan fingerprint density at radius 2 is 2.27 bits per heavy atom. The Hall–Kier alpha value is -0.160. The van der Waals surface area contributed by atoms with Crippen molar-refractivity contribution in [2.45, 2.75) is 50.9 Å². The molecular formula is C11H23NO3. The van der Waals surface area contributed by atoms with E-state index in [0.29, 0.717) is 32.5 Å². The lowest BCUT2D eigenvalue weighted by molar-refractivity contribution is -0.0307. The molecule has 1 fully saturated rings. The van der Waals surface area contributed by atoms with Crippen molar-refractivity contribution < 1.29 is 14.9 Å². The molecule has 4 nitrogen and oxygen atoms in total. The fraction of sp³-hybridized carbons (Fsp3) is 1.00. The van der Waals surface area contributed by atoms with Crippen LogP contribution in [0.3, 0.4) is 0 Å². The van der Waals surface area contributed by atoms with Gasteiger partial charge in [-0.1, -0.05) is 6.92 Å². The SMILES string of the molecule is CCC(C)(O)CNCC1(O)CCOC1C. The van der Waals surface area contributed by atoms with Crippen molar-refractivity contribution in [1.29, 1.82) is 0 Å². The van der Waals surface area contributed by atoms with Crippen LogP contribution in [0.1, 0.15) is 33.6 Å². The van der Waals surface area contributed by atoms with Gasteiger partial charge in [-0.3, -0.25) is 0 Å². The molecule has 3 N–H and O–H groups in total. The molecule has 1 aliphatic rings. The number of nitrogens with one attached hydrogen (secondary N) is 1. The molecule has 15 heavy (non-hydrogen) atoms. The first kappa shape index (κ1) is 12.9. The number of rotatable bonds is 5. The Kier molecular flexibility index (Phi) is 4.12. The van der Waals surface area contributed by atoms with Crippen molar-refractivity contribution in [1.82, 2.24) is 5.32 Å². The molecule has 0 amide bonds. The van der Waals surface area contributed by atoms with E-state index < -0.39 is 11.2 Å². The van der Waals surface area contributed by atoms with Gasteiger partial charge < -0.3 is 20.3 Å². The predicted octanol–water partition coefficient (Wildman–Crippen LogP) is 0.277. The molecule has 0 aromatic carbocycles. The molecule has 90 valence electrons. The van der Waals surface area contributed by atoms with E-state index in [0.717, 1.165) is 0 Å². The van der Waals surface area contributed by atoms with Gasteiger partial charge in [-0.25, -0.2) is 0 Å². The van der Waals surface area contributed by atoms with Gasteiger partial charge in [0, 0.05) is 26.1 Å². The van der Waals surface area contributed by atoms with E-state index in [1.54, 1.807) is 6.92 Å². The van der Waals surface area contributed by atoms with Gasteiger partial charge in [0.05, 0.1) is 11.7 Å². The minimum absolute atomic E-state index is 0.128. The van der Waals surface area contributed by atoms with Crippen molar-refractivity contribution in [3.05, 3.63) is 0 Å². The Bertz CT molecular complexity index is 208. The van der Waals surface area contributed by atoms with Crippen LogP contribution < -0.4 is 5.32 Å². The summed E-state index contributed by atoms with van der Waals surface area (Å²) in [6.45, 7) is 7.20. The summed E-state index contributed by atoms with van der Waals surface area (Å²) >= 11 is 0. The van der Waals surface area contributed by atoms with E-state index in [-0.39, 0.29) is 6.10 Å². The Balaban J connectivity index is 2.31. The number of ether oxygens (including phenoxy) is 1. The first-order valence-corrected chi connectivity index (χ1v) is 5.67. The third-order valence-electron chi connectivity index (χ3n) is 3.36. The number of aliphatic hydroxyl groups is 2. The second-order valence-electron chi connectivity index (χ2n) is 4.82. The highest BCUT2D eigenvalue weighted by molar-refractivity contribution is 4.92. The number of hydrogen-bond acceptors (Lipinski definition) is 4. The van der Waals surface area contributed by atoms with E-state index >= 15 is 0 Å². The largest absolute Gasteiger partial charge is 0.389 e. The highest BCUT2D eigenvalue weighted by atomic mass is 16.5. The van der Waals surface area contributed by atoms with Crippen LogP contribution in [-0.2, 0) is 4.74 Å². The summed E-state index contributed by atoms with van der Waals surface area (Å²) in [7, 11) is 0. The molecule has 1 saturated heterocycles. The summed E-state index contributed by atoms with van der Waals surface area (Å²) in [6.07, 6.45) is 1.23. The third-order valence-corrected chi connectivity index (χ3v) is 3.36. The highest BCUT2D eigenvalue weighted by Gasteiger charge is 2.39. The fourth-order valence-corrected chi connectivity index (χ4v) is 1.68. The zero-order chi connectivity index (χ0) is 11.5. The van der Waals surface area contributed by atoms with Crippen LogP contribution in [-0.4, -0.2) is 47.2 Å². The molecule has 0 saturated carbocycles. The average Bonchev–Trinajstić information content (AvgIpc) is 2.47. The van der Waals surface area contributed by atoms with Gasteiger partial charge in [-0.15, -0.1) is 0 Å². The molecule has 1 rings (SSSR count). The van der Waals surface area contributed by atoms with Crippen molar-refractivity contribution in [3.63, 3.8) is 0 Å². The van der Waals surface area contributed by atoms with Crippen LogP contribution >= 0.6 is 0 Å². The topological polar surface area (TPSA) is 61.7 Å². The quantitative estimate of drug-likeness (QED) is 0.619. The van der Waals surface area contributed by atoms with Crippen LogP contribution in [0.15, 0.2) is 0 Å².